The first-order valence-corrected chi connectivity index (χ1v) is 10.0. The molecular weight excluding hydrogens is 326 g/mol. The van der Waals surface area contributed by atoms with E-state index in [1.54, 1.807) is 4.31 Å². The van der Waals surface area contributed by atoms with E-state index in [0.29, 0.717) is 31.6 Å². The highest BCUT2D eigenvalue weighted by Gasteiger charge is 2.37. The molecule has 0 saturated carbocycles. The monoisotopic (exact) mass is 347 g/mol. The highest BCUT2D eigenvalue weighted by molar-refractivity contribution is 7.89. The molecule has 2 fully saturated rings. The van der Waals surface area contributed by atoms with Crippen LogP contribution in [0.5, 0.6) is 0 Å². The molecule has 7 heteroatoms. The molecule has 1 atom stereocenters. The number of carbonyl (C=O) groups is 1. The number of sulfonamides is 1. The summed E-state index contributed by atoms with van der Waals surface area (Å²) in [5.74, 6) is 0.224. The van der Waals surface area contributed by atoms with Gasteiger partial charge in [0, 0.05) is 48.3 Å². The lowest BCUT2D eigenvalue weighted by Gasteiger charge is -2.36. The Labute approximate surface area is 141 Å². The topological polar surface area (TPSA) is 73.5 Å². The number of benzene rings is 1. The maximum absolute atomic E-state index is 13.0. The highest BCUT2D eigenvalue weighted by Crippen LogP contribution is 2.26. The molecule has 1 unspecified atom stereocenters. The summed E-state index contributed by atoms with van der Waals surface area (Å²) < 4.78 is 25.9. The molecule has 2 saturated heterocycles. The quantitative estimate of drug-likeness (QED) is 0.900. The summed E-state index contributed by atoms with van der Waals surface area (Å²) in [6.07, 6.45) is 4.19. The van der Waals surface area contributed by atoms with Crippen LogP contribution in [0, 0.1) is 0 Å². The third-order valence-electron chi connectivity index (χ3n) is 5.05. The molecule has 2 aromatic rings. The van der Waals surface area contributed by atoms with E-state index in [0.717, 1.165) is 23.7 Å². The number of nitrogens with zero attached hydrogens (tertiary/aromatic N) is 2. The number of rotatable bonds is 2. The molecule has 1 N–H and O–H groups in total. The number of hydrogen-bond donors (Lipinski definition) is 1. The van der Waals surface area contributed by atoms with Crippen LogP contribution in [0.3, 0.4) is 0 Å². The summed E-state index contributed by atoms with van der Waals surface area (Å²) in [6, 6.07) is 7.49. The average Bonchev–Trinajstić information content (AvgIpc) is 3.19. The standard InChI is InChI=1S/C17H21N3O3S/c21-17(15-5-1-6-16-14(15)7-8-18-16)19-9-2-4-13(12-19)20-10-3-11-24(20,22)23/h1,5-8,13,18H,2-4,9-12H2. The average molecular weight is 347 g/mol. The third kappa shape index (κ3) is 2.61. The van der Waals surface area contributed by atoms with E-state index in [1.807, 2.05) is 35.4 Å². The van der Waals surface area contributed by atoms with Gasteiger partial charge in [0.15, 0.2) is 0 Å². The van der Waals surface area contributed by atoms with Crippen LogP contribution in [0.1, 0.15) is 29.6 Å². The van der Waals surface area contributed by atoms with Crippen molar-refractivity contribution in [1.82, 2.24) is 14.2 Å². The molecular formula is C17H21N3O3S. The van der Waals surface area contributed by atoms with Gasteiger partial charge in [-0.15, -0.1) is 0 Å². The number of nitrogens with one attached hydrogen (secondary N) is 1. The minimum absolute atomic E-state index is 0.0125. The van der Waals surface area contributed by atoms with E-state index in [-0.39, 0.29) is 17.7 Å². The molecule has 2 aliphatic heterocycles. The van der Waals surface area contributed by atoms with E-state index in [4.69, 9.17) is 0 Å². The predicted molar refractivity (Wildman–Crippen MR) is 92.3 cm³/mol. The maximum Gasteiger partial charge on any atom is 0.254 e. The number of aromatic amines is 1. The maximum atomic E-state index is 13.0. The summed E-state index contributed by atoms with van der Waals surface area (Å²) >= 11 is 0. The Morgan fingerprint density at radius 1 is 1.17 bits per heavy atom. The molecule has 0 spiro atoms. The fourth-order valence-electron chi connectivity index (χ4n) is 3.89. The lowest BCUT2D eigenvalue weighted by atomic mass is 10.0. The number of hydrogen-bond acceptors (Lipinski definition) is 3. The van der Waals surface area contributed by atoms with E-state index >= 15 is 0 Å². The van der Waals surface area contributed by atoms with Crippen LogP contribution < -0.4 is 0 Å². The van der Waals surface area contributed by atoms with Crippen molar-refractivity contribution in [2.75, 3.05) is 25.4 Å². The minimum Gasteiger partial charge on any atom is -0.361 e. The fourth-order valence-corrected chi connectivity index (χ4v) is 5.65. The molecule has 1 aromatic heterocycles. The summed E-state index contributed by atoms with van der Waals surface area (Å²) in [5.41, 5.74) is 1.62. The van der Waals surface area contributed by atoms with Gasteiger partial charge in [-0.25, -0.2) is 8.42 Å². The van der Waals surface area contributed by atoms with Gasteiger partial charge < -0.3 is 9.88 Å². The number of piperidine rings is 1. The van der Waals surface area contributed by atoms with Crippen molar-refractivity contribution in [3.8, 4) is 0 Å². The Bertz CT molecular complexity index is 874. The Morgan fingerprint density at radius 3 is 2.83 bits per heavy atom. The SMILES string of the molecule is O=C(c1cccc2[nH]ccc12)N1CCCC(N2CCCS2(=O)=O)C1. The van der Waals surface area contributed by atoms with E-state index in [1.165, 1.54) is 0 Å². The highest BCUT2D eigenvalue weighted by atomic mass is 32.2. The van der Waals surface area contributed by atoms with Gasteiger partial charge in [-0.05, 0) is 37.5 Å². The second kappa shape index (κ2) is 5.89. The zero-order chi connectivity index (χ0) is 16.7. The molecule has 24 heavy (non-hydrogen) atoms. The van der Waals surface area contributed by atoms with Gasteiger partial charge in [0.1, 0.15) is 0 Å². The zero-order valence-electron chi connectivity index (χ0n) is 13.4. The van der Waals surface area contributed by atoms with Gasteiger partial charge in [-0.1, -0.05) is 6.07 Å². The first-order chi connectivity index (χ1) is 11.6. The van der Waals surface area contributed by atoms with Gasteiger partial charge in [-0.3, -0.25) is 4.79 Å². The van der Waals surface area contributed by atoms with Gasteiger partial charge in [0.2, 0.25) is 10.0 Å². The van der Waals surface area contributed by atoms with Crippen molar-refractivity contribution in [2.24, 2.45) is 0 Å². The van der Waals surface area contributed by atoms with Gasteiger partial charge in [-0.2, -0.15) is 4.31 Å². The van der Waals surface area contributed by atoms with Crippen LogP contribution in [0.25, 0.3) is 10.9 Å². The van der Waals surface area contributed by atoms with E-state index in [9.17, 15) is 13.2 Å². The molecule has 4 rings (SSSR count). The number of amides is 1. The first-order valence-electron chi connectivity index (χ1n) is 8.41. The van der Waals surface area contributed by atoms with Crippen LogP contribution in [0.2, 0.25) is 0 Å². The minimum atomic E-state index is -3.14. The Balaban J connectivity index is 1.58. The van der Waals surface area contributed by atoms with Crippen molar-refractivity contribution < 1.29 is 13.2 Å². The van der Waals surface area contributed by atoms with Gasteiger partial charge in [0.25, 0.3) is 5.91 Å². The number of fused-ring (bicyclic) bond motifs is 1. The van der Waals surface area contributed by atoms with Crippen LogP contribution in [-0.2, 0) is 10.0 Å². The summed E-state index contributed by atoms with van der Waals surface area (Å²) in [4.78, 5) is 17.9. The van der Waals surface area contributed by atoms with Crippen molar-refractivity contribution >= 4 is 26.8 Å². The van der Waals surface area contributed by atoms with Crippen LogP contribution in [0.15, 0.2) is 30.5 Å². The number of H-pyrrole nitrogens is 1. The van der Waals surface area contributed by atoms with Crippen molar-refractivity contribution in [3.63, 3.8) is 0 Å². The molecule has 3 heterocycles. The molecule has 0 aliphatic carbocycles. The van der Waals surface area contributed by atoms with E-state index < -0.39 is 10.0 Å². The summed E-state index contributed by atoms with van der Waals surface area (Å²) in [7, 11) is -3.14. The van der Waals surface area contributed by atoms with Crippen LogP contribution in [-0.4, -0.2) is 59.9 Å². The molecule has 128 valence electrons. The number of likely N-dealkylation sites (tertiary alicyclic amines) is 1. The molecule has 0 bridgehead atoms. The molecule has 1 amide bonds. The first kappa shape index (κ1) is 15.7. The number of aromatic nitrogens is 1. The summed E-state index contributed by atoms with van der Waals surface area (Å²) in [5, 5.41) is 0.915. The zero-order valence-corrected chi connectivity index (χ0v) is 14.3. The molecule has 6 nitrogen and oxygen atoms in total. The van der Waals surface area contributed by atoms with Crippen molar-refractivity contribution in [1.29, 1.82) is 0 Å². The van der Waals surface area contributed by atoms with Crippen molar-refractivity contribution in [2.45, 2.75) is 25.3 Å². The van der Waals surface area contributed by atoms with Gasteiger partial charge >= 0.3 is 0 Å². The second-order valence-corrected chi connectivity index (χ2v) is 8.61. The normalized spacial score (nSPS) is 24.5. The smallest absolute Gasteiger partial charge is 0.254 e. The summed E-state index contributed by atoms with van der Waals surface area (Å²) in [6.45, 7) is 1.76. The van der Waals surface area contributed by atoms with Crippen LogP contribution in [0.4, 0.5) is 0 Å². The lowest BCUT2D eigenvalue weighted by Crippen LogP contribution is -2.50. The molecule has 0 radical (unpaired) electrons. The second-order valence-electron chi connectivity index (χ2n) is 6.57. The number of carbonyl (C=O) groups excluding carboxylic acids is 1. The lowest BCUT2D eigenvalue weighted by molar-refractivity contribution is 0.0660. The van der Waals surface area contributed by atoms with Crippen LogP contribution >= 0.6 is 0 Å². The fraction of sp³-hybridized carbons (Fsp3) is 0.471. The Morgan fingerprint density at radius 2 is 2.04 bits per heavy atom. The largest absolute Gasteiger partial charge is 0.361 e. The molecule has 2 aliphatic rings. The van der Waals surface area contributed by atoms with E-state index in [2.05, 4.69) is 4.98 Å². The van der Waals surface area contributed by atoms with Gasteiger partial charge in [0.05, 0.1) is 5.75 Å². The Kier molecular flexibility index (Phi) is 3.85. The third-order valence-corrected chi connectivity index (χ3v) is 7.05. The van der Waals surface area contributed by atoms with Crippen molar-refractivity contribution in [3.05, 3.63) is 36.0 Å². The molecule has 1 aromatic carbocycles. The Hall–Kier alpha value is -1.86. The predicted octanol–water partition coefficient (Wildman–Crippen LogP) is 1.81.